The highest BCUT2D eigenvalue weighted by molar-refractivity contribution is 4.83. The van der Waals surface area contributed by atoms with Gasteiger partial charge in [0, 0.05) is 19.1 Å². The SMILES string of the molecule is CCC1CN(CCOC(C)(C)C)CCC1NC. The first kappa shape index (κ1) is 14.9. The van der Waals surface area contributed by atoms with Crippen LogP contribution in [0.1, 0.15) is 40.5 Å². The van der Waals surface area contributed by atoms with Crippen LogP contribution in [0.4, 0.5) is 0 Å². The van der Waals surface area contributed by atoms with Crippen LogP contribution < -0.4 is 5.32 Å². The monoisotopic (exact) mass is 242 g/mol. The number of ether oxygens (including phenoxy) is 1. The van der Waals surface area contributed by atoms with E-state index in [1.54, 1.807) is 0 Å². The largest absolute Gasteiger partial charge is 0.375 e. The molecule has 2 unspecified atom stereocenters. The first-order chi connectivity index (χ1) is 7.96. The smallest absolute Gasteiger partial charge is 0.0600 e. The fraction of sp³-hybridized carbons (Fsp3) is 1.00. The first-order valence-electron chi connectivity index (χ1n) is 7.00. The Morgan fingerprint density at radius 3 is 2.59 bits per heavy atom. The second kappa shape index (κ2) is 6.72. The number of nitrogens with zero attached hydrogens (tertiary/aromatic N) is 1. The van der Waals surface area contributed by atoms with Crippen LogP contribution in [-0.4, -0.2) is 49.8 Å². The number of likely N-dealkylation sites (tertiary alicyclic amines) is 1. The van der Waals surface area contributed by atoms with Gasteiger partial charge in [0.05, 0.1) is 12.2 Å². The molecule has 0 saturated carbocycles. The molecule has 0 amide bonds. The lowest BCUT2D eigenvalue weighted by Gasteiger charge is -2.38. The van der Waals surface area contributed by atoms with Gasteiger partial charge in [-0.1, -0.05) is 13.3 Å². The zero-order chi connectivity index (χ0) is 12.9. The van der Waals surface area contributed by atoms with Crippen molar-refractivity contribution in [3.63, 3.8) is 0 Å². The molecule has 1 saturated heterocycles. The highest BCUT2D eigenvalue weighted by Crippen LogP contribution is 2.19. The fourth-order valence-electron chi connectivity index (χ4n) is 2.59. The topological polar surface area (TPSA) is 24.5 Å². The minimum Gasteiger partial charge on any atom is -0.375 e. The van der Waals surface area contributed by atoms with Gasteiger partial charge in [0.2, 0.25) is 0 Å². The fourth-order valence-corrected chi connectivity index (χ4v) is 2.59. The summed E-state index contributed by atoms with van der Waals surface area (Å²) in [6, 6.07) is 0.708. The number of piperidine rings is 1. The second-order valence-electron chi connectivity index (χ2n) is 6.11. The number of hydrogen-bond donors (Lipinski definition) is 1. The van der Waals surface area contributed by atoms with E-state index in [1.807, 2.05) is 0 Å². The first-order valence-corrected chi connectivity index (χ1v) is 7.00. The summed E-state index contributed by atoms with van der Waals surface area (Å²) in [5.41, 5.74) is -0.00649. The van der Waals surface area contributed by atoms with Crippen LogP contribution in [0.25, 0.3) is 0 Å². The predicted molar refractivity (Wildman–Crippen MR) is 73.4 cm³/mol. The number of rotatable bonds is 5. The summed E-state index contributed by atoms with van der Waals surface area (Å²) in [6.07, 6.45) is 2.53. The third-order valence-electron chi connectivity index (χ3n) is 3.66. The molecule has 2 atom stereocenters. The normalized spacial score (nSPS) is 27.4. The molecule has 0 bridgehead atoms. The van der Waals surface area contributed by atoms with Gasteiger partial charge in [-0.05, 0) is 46.7 Å². The predicted octanol–water partition coefficient (Wildman–Crippen LogP) is 2.12. The highest BCUT2D eigenvalue weighted by Gasteiger charge is 2.26. The summed E-state index contributed by atoms with van der Waals surface area (Å²) >= 11 is 0. The van der Waals surface area contributed by atoms with Gasteiger partial charge in [-0.15, -0.1) is 0 Å². The summed E-state index contributed by atoms with van der Waals surface area (Å²) in [5.74, 6) is 0.795. The molecule has 0 radical (unpaired) electrons. The molecule has 1 fully saturated rings. The van der Waals surface area contributed by atoms with Crippen LogP contribution in [0, 0.1) is 5.92 Å². The average molecular weight is 242 g/mol. The zero-order valence-corrected chi connectivity index (χ0v) is 12.3. The lowest BCUT2D eigenvalue weighted by atomic mass is 9.90. The molecule has 0 aliphatic carbocycles. The minimum atomic E-state index is -0.00649. The Morgan fingerprint density at radius 2 is 2.06 bits per heavy atom. The Labute approximate surface area is 107 Å². The van der Waals surface area contributed by atoms with Crippen molar-refractivity contribution in [2.75, 3.05) is 33.3 Å². The molecule has 102 valence electrons. The maximum Gasteiger partial charge on any atom is 0.0600 e. The Bertz CT molecular complexity index is 213. The van der Waals surface area contributed by atoms with Gasteiger partial charge in [-0.25, -0.2) is 0 Å². The standard InChI is InChI=1S/C14H30N2O/c1-6-12-11-16(8-7-13(12)15-5)9-10-17-14(2,3)4/h12-13,15H,6-11H2,1-5H3. The Balaban J connectivity index is 2.27. The third kappa shape index (κ3) is 5.36. The van der Waals surface area contributed by atoms with Gasteiger partial charge in [0.25, 0.3) is 0 Å². The van der Waals surface area contributed by atoms with Crippen molar-refractivity contribution in [1.29, 1.82) is 0 Å². The van der Waals surface area contributed by atoms with Crippen molar-refractivity contribution in [2.24, 2.45) is 5.92 Å². The second-order valence-corrected chi connectivity index (χ2v) is 6.11. The van der Waals surface area contributed by atoms with Crippen molar-refractivity contribution in [1.82, 2.24) is 10.2 Å². The van der Waals surface area contributed by atoms with Gasteiger partial charge in [-0.2, -0.15) is 0 Å². The van der Waals surface area contributed by atoms with E-state index in [1.165, 1.54) is 25.9 Å². The summed E-state index contributed by atoms with van der Waals surface area (Å²) in [5, 5.41) is 3.45. The lowest BCUT2D eigenvalue weighted by Crippen LogP contribution is -2.49. The molecule has 0 aromatic carbocycles. The lowest BCUT2D eigenvalue weighted by molar-refractivity contribution is -0.0186. The van der Waals surface area contributed by atoms with Gasteiger partial charge in [0.1, 0.15) is 0 Å². The van der Waals surface area contributed by atoms with Crippen molar-refractivity contribution >= 4 is 0 Å². The van der Waals surface area contributed by atoms with E-state index in [4.69, 9.17) is 4.74 Å². The van der Waals surface area contributed by atoms with Crippen molar-refractivity contribution in [2.45, 2.75) is 52.2 Å². The van der Waals surface area contributed by atoms with Gasteiger partial charge in [-0.3, -0.25) is 0 Å². The summed E-state index contributed by atoms with van der Waals surface area (Å²) < 4.78 is 5.80. The van der Waals surface area contributed by atoms with E-state index < -0.39 is 0 Å². The van der Waals surface area contributed by atoms with Crippen LogP contribution in [-0.2, 0) is 4.74 Å². The van der Waals surface area contributed by atoms with Crippen LogP contribution in [0.15, 0.2) is 0 Å². The highest BCUT2D eigenvalue weighted by atomic mass is 16.5. The molecule has 1 N–H and O–H groups in total. The molecule has 1 aliphatic heterocycles. The molecule has 1 rings (SSSR count). The van der Waals surface area contributed by atoms with E-state index in [9.17, 15) is 0 Å². The zero-order valence-electron chi connectivity index (χ0n) is 12.3. The molecular formula is C14H30N2O. The molecule has 1 heterocycles. The molecule has 0 spiro atoms. The van der Waals surface area contributed by atoms with E-state index in [-0.39, 0.29) is 5.60 Å². The van der Waals surface area contributed by atoms with E-state index in [2.05, 4.69) is 45.0 Å². The van der Waals surface area contributed by atoms with Crippen LogP contribution in [0.3, 0.4) is 0 Å². The molecule has 0 aromatic rings. The van der Waals surface area contributed by atoms with Gasteiger partial charge >= 0.3 is 0 Å². The Kier molecular flexibility index (Phi) is 5.90. The molecule has 3 nitrogen and oxygen atoms in total. The summed E-state index contributed by atoms with van der Waals surface area (Å²) in [7, 11) is 2.09. The quantitative estimate of drug-likeness (QED) is 0.799. The van der Waals surface area contributed by atoms with E-state index >= 15 is 0 Å². The molecule has 0 aromatic heterocycles. The molecule has 3 heteroatoms. The maximum atomic E-state index is 5.80. The Morgan fingerprint density at radius 1 is 1.35 bits per heavy atom. The van der Waals surface area contributed by atoms with Crippen LogP contribution in [0.5, 0.6) is 0 Å². The molecular weight excluding hydrogens is 212 g/mol. The van der Waals surface area contributed by atoms with Crippen LogP contribution >= 0.6 is 0 Å². The summed E-state index contributed by atoms with van der Waals surface area (Å²) in [4.78, 5) is 2.55. The van der Waals surface area contributed by atoms with E-state index in [0.29, 0.717) is 6.04 Å². The number of hydrogen-bond acceptors (Lipinski definition) is 3. The maximum absolute atomic E-state index is 5.80. The van der Waals surface area contributed by atoms with Crippen molar-refractivity contribution < 1.29 is 4.74 Å². The van der Waals surface area contributed by atoms with Gasteiger partial charge in [0.15, 0.2) is 0 Å². The molecule has 17 heavy (non-hydrogen) atoms. The van der Waals surface area contributed by atoms with E-state index in [0.717, 1.165) is 19.1 Å². The minimum absolute atomic E-state index is 0.00649. The average Bonchev–Trinajstić information content (AvgIpc) is 2.27. The third-order valence-corrected chi connectivity index (χ3v) is 3.66. The van der Waals surface area contributed by atoms with Crippen molar-refractivity contribution in [3.05, 3.63) is 0 Å². The van der Waals surface area contributed by atoms with Crippen molar-refractivity contribution in [3.8, 4) is 0 Å². The Hall–Kier alpha value is -0.120. The summed E-state index contributed by atoms with van der Waals surface area (Å²) in [6.45, 7) is 13.0. The number of nitrogens with one attached hydrogen (secondary N) is 1. The van der Waals surface area contributed by atoms with Gasteiger partial charge < -0.3 is 15.0 Å². The van der Waals surface area contributed by atoms with Crippen LogP contribution in [0.2, 0.25) is 0 Å². The molecule has 1 aliphatic rings.